The van der Waals surface area contributed by atoms with Gasteiger partial charge in [-0.05, 0) is 55.2 Å². The Balaban J connectivity index is 1.41. The topological polar surface area (TPSA) is 81.8 Å². The number of benzene rings is 2. The first kappa shape index (κ1) is 24.2. The maximum atomic E-state index is 13.4. The second kappa shape index (κ2) is 11.0. The summed E-state index contributed by atoms with van der Waals surface area (Å²) in [7, 11) is 0. The standard InChI is InChI=1S/C26H31ClN4O3/c1-18(32)28-20-10-12-21(13-11-20)29-25(33)24(19-6-2-3-7-19)30-14-16-31(17-15-30)26(34)22-8-4-5-9-23(22)27/h4-5,8-13,19,24H,2-3,6-7,14-17H2,1H3,(H,28,32)(H,29,33)/t24-/m1/s1. The fourth-order valence-corrected chi connectivity index (χ4v) is 5.23. The molecule has 2 fully saturated rings. The van der Waals surface area contributed by atoms with Gasteiger partial charge in [-0.1, -0.05) is 36.6 Å². The highest BCUT2D eigenvalue weighted by Gasteiger charge is 2.37. The molecule has 2 aromatic rings. The van der Waals surface area contributed by atoms with E-state index in [4.69, 9.17) is 11.6 Å². The zero-order valence-corrected chi connectivity index (χ0v) is 20.2. The van der Waals surface area contributed by atoms with E-state index >= 15 is 0 Å². The van der Waals surface area contributed by atoms with Crippen LogP contribution < -0.4 is 10.6 Å². The van der Waals surface area contributed by atoms with Crippen LogP contribution in [0.5, 0.6) is 0 Å². The Morgan fingerprint density at radius 1 is 0.882 bits per heavy atom. The van der Waals surface area contributed by atoms with Crippen LogP contribution in [0, 0.1) is 5.92 Å². The largest absolute Gasteiger partial charge is 0.336 e. The molecule has 7 nitrogen and oxygen atoms in total. The summed E-state index contributed by atoms with van der Waals surface area (Å²) >= 11 is 6.23. The summed E-state index contributed by atoms with van der Waals surface area (Å²) in [5.74, 6) is 0.103. The summed E-state index contributed by atoms with van der Waals surface area (Å²) in [5.41, 5.74) is 1.91. The van der Waals surface area contributed by atoms with Crippen molar-refractivity contribution in [1.82, 2.24) is 9.80 Å². The van der Waals surface area contributed by atoms with Crippen molar-refractivity contribution in [3.05, 3.63) is 59.1 Å². The molecule has 2 N–H and O–H groups in total. The molecule has 1 atom stereocenters. The number of nitrogens with zero attached hydrogens (tertiary/aromatic N) is 2. The Hall–Kier alpha value is -2.90. The highest BCUT2D eigenvalue weighted by Crippen LogP contribution is 2.32. The predicted octanol–water partition coefficient (Wildman–Crippen LogP) is 4.25. The maximum absolute atomic E-state index is 13.4. The molecule has 2 aromatic carbocycles. The predicted molar refractivity (Wildman–Crippen MR) is 134 cm³/mol. The Kier molecular flexibility index (Phi) is 7.85. The van der Waals surface area contributed by atoms with Gasteiger partial charge in [0.25, 0.3) is 5.91 Å². The van der Waals surface area contributed by atoms with E-state index in [1.54, 1.807) is 36.4 Å². The smallest absolute Gasteiger partial charge is 0.255 e. The van der Waals surface area contributed by atoms with Crippen LogP contribution in [0.3, 0.4) is 0 Å². The fraction of sp³-hybridized carbons (Fsp3) is 0.423. The third kappa shape index (κ3) is 5.77. The lowest BCUT2D eigenvalue weighted by molar-refractivity contribution is -0.124. The van der Waals surface area contributed by atoms with Crippen molar-refractivity contribution in [2.45, 2.75) is 38.6 Å². The second-order valence-corrected chi connectivity index (χ2v) is 9.45. The summed E-state index contributed by atoms with van der Waals surface area (Å²) in [5, 5.41) is 6.27. The molecule has 1 saturated carbocycles. The van der Waals surface area contributed by atoms with Crippen molar-refractivity contribution in [2.75, 3.05) is 36.8 Å². The summed E-state index contributed by atoms with van der Waals surface area (Å²) < 4.78 is 0. The van der Waals surface area contributed by atoms with Crippen LogP contribution in [0.15, 0.2) is 48.5 Å². The van der Waals surface area contributed by atoms with Gasteiger partial charge in [-0.3, -0.25) is 19.3 Å². The van der Waals surface area contributed by atoms with Crippen molar-refractivity contribution in [3.63, 3.8) is 0 Å². The number of amides is 3. The number of piperazine rings is 1. The van der Waals surface area contributed by atoms with Crippen LogP contribution in [-0.4, -0.2) is 59.7 Å². The van der Waals surface area contributed by atoms with E-state index in [0.29, 0.717) is 54.1 Å². The number of nitrogens with one attached hydrogen (secondary N) is 2. The third-order valence-electron chi connectivity index (χ3n) is 6.69. The molecule has 0 spiro atoms. The Morgan fingerprint density at radius 3 is 2.06 bits per heavy atom. The molecular weight excluding hydrogens is 452 g/mol. The highest BCUT2D eigenvalue weighted by atomic mass is 35.5. The van der Waals surface area contributed by atoms with Crippen LogP contribution >= 0.6 is 11.6 Å². The Labute approximate surface area is 205 Å². The van der Waals surface area contributed by atoms with Crippen molar-refractivity contribution >= 4 is 40.7 Å². The number of anilines is 2. The number of carbonyl (C=O) groups excluding carboxylic acids is 3. The lowest BCUT2D eigenvalue weighted by atomic mass is 9.94. The minimum Gasteiger partial charge on any atom is -0.336 e. The summed E-state index contributed by atoms with van der Waals surface area (Å²) in [6.45, 7) is 3.88. The molecule has 1 aliphatic heterocycles. The van der Waals surface area contributed by atoms with Crippen molar-refractivity contribution in [1.29, 1.82) is 0 Å². The quantitative estimate of drug-likeness (QED) is 0.644. The van der Waals surface area contributed by atoms with Crippen molar-refractivity contribution < 1.29 is 14.4 Å². The number of halogens is 1. The molecule has 1 aliphatic carbocycles. The van der Waals surface area contributed by atoms with Crippen LogP contribution in [0.25, 0.3) is 0 Å². The molecule has 8 heteroatoms. The van der Waals surface area contributed by atoms with Gasteiger partial charge in [-0.2, -0.15) is 0 Å². The lowest BCUT2D eigenvalue weighted by Gasteiger charge is -2.40. The molecule has 3 amide bonds. The monoisotopic (exact) mass is 482 g/mol. The molecule has 0 bridgehead atoms. The van der Waals surface area contributed by atoms with E-state index in [1.165, 1.54) is 6.92 Å². The number of carbonyl (C=O) groups is 3. The molecule has 0 unspecified atom stereocenters. The van der Waals surface area contributed by atoms with E-state index in [1.807, 2.05) is 17.0 Å². The SMILES string of the molecule is CC(=O)Nc1ccc(NC(=O)[C@@H](C2CCCC2)N2CCN(C(=O)c3ccccc3Cl)CC2)cc1. The molecular formula is C26H31ClN4O3. The summed E-state index contributed by atoms with van der Waals surface area (Å²) in [4.78, 5) is 41.6. The van der Waals surface area contributed by atoms with E-state index in [0.717, 1.165) is 25.7 Å². The van der Waals surface area contributed by atoms with E-state index in [9.17, 15) is 14.4 Å². The van der Waals surface area contributed by atoms with Gasteiger partial charge in [0.05, 0.1) is 16.6 Å². The Morgan fingerprint density at radius 2 is 1.47 bits per heavy atom. The van der Waals surface area contributed by atoms with Crippen LogP contribution in [0.2, 0.25) is 5.02 Å². The minimum atomic E-state index is -0.227. The molecule has 1 heterocycles. The number of hydrogen-bond donors (Lipinski definition) is 2. The first-order chi connectivity index (χ1) is 16.4. The van der Waals surface area contributed by atoms with Gasteiger partial charge in [0, 0.05) is 44.5 Å². The van der Waals surface area contributed by atoms with Gasteiger partial charge in [-0.25, -0.2) is 0 Å². The average Bonchev–Trinajstić information content (AvgIpc) is 3.35. The van der Waals surface area contributed by atoms with Crippen molar-refractivity contribution in [2.24, 2.45) is 5.92 Å². The van der Waals surface area contributed by atoms with Gasteiger partial charge < -0.3 is 15.5 Å². The molecule has 34 heavy (non-hydrogen) atoms. The van der Waals surface area contributed by atoms with E-state index in [-0.39, 0.29) is 23.8 Å². The van der Waals surface area contributed by atoms with Gasteiger partial charge in [-0.15, -0.1) is 0 Å². The van der Waals surface area contributed by atoms with Crippen LogP contribution in [-0.2, 0) is 9.59 Å². The van der Waals surface area contributed by atoms with E-state index < -0.39 is 0 Å². The summed E-state index contributed by atoms with van der Waals surface area (Å²) in [6.07, 6.45) is 4.37. The van der Waals surface area contributed by atoms with Gasteiger partial charge in [0.2, 0.25) is 11.8 Å². The normalized spacial score (nSPS) is 17.9. The number of hydrogen-bond acceptors (Lipinski definition) is 4. The molecule has 4 rings (SSSR count). The van der Waals surface area contributed by atoms with Gasteiger partial charge >= 0.3 is 0 Å². The first-order valence-electron chi connectivity index (χ1n) is 11.9. The van der Waals surface area contributed by atoms with Gasteiger partial charge in [0.1, 0.15) is 0 Å². The average molecular weight is 483 g/mol. The second-order valence-electron chi connectivity index (χ2n) is 9.05. The zero-order chi connectivity index (χ0) is 24.1. The molecule has 1 saturated heterocycles. The highest BCUT2D eigenvalue weighted by molar-refractivity contribution is 6.33. The van der Waals surface area contributed by atoms with Crippen LogP contribution in [0.1, 0.15) is 43.0 Å². The first-order valence-corrected chi connectivity index (χ1v) is 12.3. The van der Waals surface area contributed by atoms with E-state index in [2.05, 4.69) is 15.5 Å². The maximum Gasteiger partial charge on any atom is 0.255 e. The van der Waals surface area contributed by atoms with Crippen LogP contribution in [0.4, 0.5) is 11.4 Å². The fourth-order valence-electron chi connectivity index (χ4n) is 5.02. The number of rotatable bonds is 6. The Bertz CT molecular complexity index is 1030. The summed E-state index contributed by atoms with van der Waals surface area (Å²) in [6, 6.07) is 14.0. The minimum absolute atomic E-state index is 0.00921. The third-order valence-corrected chi connectivity index (χ3v) is 7.02. The van der Waals surface area contributed by atoms with Gasteiger partial charge in [0.15, 0.2) is 0 Å². The molecule has 0 aromatic heterocycles. The molecule has 180 valence electrons. The molecule has 0 radical (unpaired) electrons. The zero-order valence-electron chi connectivity index (χ0n) is 19.4. The lowest BCUT2D eigenvalue weighted by Crippen LogP contribution is -2.57. The van der Waals surface area contributed by atoms with Crippen molar-refractivity contribution in [3.8, 4) is 0 Å². The molecule has 2 aliphatic rings.